The topological polar surface area (TPSA) is 56.8 Å². The Hall–Kier alpha value is -2.40. The highest BCUT2D eigenvalue weighted by molar-refractivity contribution is 5.66. The monoisotopic (exact) mass is 220 g/mol. The van der Waals surface area contributed by atoms with Crippen molar-refractivity contribution in [2.75, 3.05) is 0 Å². The molecule has 0 spiro atoms. The molecule has 0 saturated carbocycles. The Balaban J connectivity index is 3.10. The van der Waals surface area contributed by atoms with Gasteiger partial charge in [-0.15, -0.1) is 0 Å². The van der Waals surface area contributed by atoms with Crippen molar-refractivity contribution < 1.29 is 13.5 Å². The number of nitrogens with zero attached hydrogens (tertiary/aromatic N) is 2. The van der Waals surface area contributed by atoms with E-state index in [0.29, 0.717) is 0 Å². The fraction of sp³-hybridized carbons (Fsp3) is 0.0909. The fourth-order valence-electron chi connectivity index (χ4n) is 1.05. The molecule has 3 nitrogen and oxygen atoms in total. The van der Waals surface area contributed by atoms with Crippen LogP contribution in [0.3, 0.4) is 0 Å². The lowest BCUT2D eigenvalue weighted by Crippen LogP contribution is -2.03. The molecule has 1 aromatic rings. The van der Waals surface area contributed by atoms with Gasteiger partial charge < -0.3 is 4.74 Å². The molecule has 80 valence electrons. The van der Waals surface area contributed by atoms with Crippen LogP contribution in [0.15, 0.2) is 29.8 Å². The van der Waals surface area contributed by atoms with E-state index in [1.807, 2.05) is 0 Å². The van der Waals surface area contributed by atoms with Crippen LogP contribution in [0.25, 0.3) is 6.08 Å². The Morgan fingerprint density at radius 2 is 1.88 bits per heavy atom. The zero-order valence-corrected chi connectivity index (χ0v) is 8.02. The van der Waals surface area contributed by atoms with E-state index in [0.717, 1.165) is 0 Å². The van der Waals surface area contributed by atoms with E-state index < -0.39 is 6.61 Å². The largest absolute Gasteiger partial charge is 0.434 e. The Morgan fingerprint density at radius 3 is 2.44 bits per heavy atom. The van der Waals surface area contributed by atoms with Gasteiger partial charge in [-0.25, -0.2) is 0 Å². The molecule has 0 heterocycles. The third-order valence-corrected chi connectivity index (χ3v) is 1.68. The normalized spacial score (nSPS) is 9.06. The number of benzene rings is 1. The van der Waals surface area contributed by atoms with Gasteiger partial charge in [-0.05, 0) is 12.1 Å². The Bertz CT molecular complexity index is 467. The minimum Gasteiger partial charge on any atom is -0.434 e. The molecule has 5 heteroatoms. The van der Waals surface area contributed by atoms with Gasteiger partial charge in [0.15, 0.2) is 0 Å². The Morgan fingerprint density at radius 1 is 1.25 bits per heavy atom. The van der Waals surface area contributed by atoms with Gasteiger partial charge in [0.25, 0.3) is 0 Å². The maximum absolute atomic E-state index is 12.0. The number of alkyl halides is 2. The van der Waals surface area contributed by atoms with Crippen molar-refractivity contribution in [3.8, 4) is 17.9 Å². The van der Waals surface area contributed by atoms with Crippen LogP contribution >= 0.6 is 0 Å². The molecule has 0 aromatic heterocycles. The third-order valence-electron chi connectivity index (χ3n) is 1.68. The van der Waals surface area contributed by atoms with Crippen LogP contribution in [0.1, 0.15) is 5.56 Å². The summed E-state index contributed by atoms with van der Waals surface area (Å²) in [6.45, 7) is -2.94. The van der Waals surface area contributed by atoms with Crippen molar-refractivity contribution in [1.29, 1.82) is 10.5 Å². The average molecular weight is 220 g/mol. The first kappa shape index (κ1) is 11.7. The van der Waals surface area contributed by atoms with Crippen LogP contribution in [0.2, 0.25) is 0 Å². The summed E-state index contributed by atoms with van der Waals surface area (Å²) in [5.41, 5.74) is 0.0891. The Kier molecular flexibility index (Phi) is 3.99. The van der Waals surface area contributed by atoms with E-state index >= 15 is 0 Å². The van der Waals surface area contributed by atoms with Gasteiger partial charge >= 0.3 is 6.61 Å². The molecule has 16 heavy (non-hydrogen) atoms. The van der Waals surface area contributed by atoms with Crippen LogP contribution < -0.4 is 4.74 Å². The highest BCUT2D eigenvalue weighted by Gasteiger charge is 2.08. The van der Waals surface area contributed by atoms with Gasteiger partial charge in [0.05, 0.1) is 0 Å². The molecule has 0 aliphatic heterocycles. The van der Waals surface area contributed by atoms with Gasteiger partial charge in [0.1, 0.15) is 23.5 Å². The summed E-state index contributed by atoms with van der Waals surface area (Å²) in [6, 6.07) is 9.21. The fourth-order valence-corrected chi connectivity index (χ4v) is 1.05. The van der Waals surface area contributed by atoms with Crippen molar-refractivity contribution in [1.82, 2.24) is 0 Å². The van der Waals surface area contributed by atoms with E-state index in [1.165, 1.54) is 24.3 Å². The molecule has 0 fully saturated rings. The lowest BCUT2D eigenvalue weighted by atomic mass is 10.1. The number of nitriles is 2. The molecule has 0 amide bonds. The quantitative estimate of drug-likeness (QED) is 0.736. The molecule has 0 aliphatic carbocycles. The highest BCUT2D eigenvalue weighted by atomic mass is 19.3. The SMILES string of the molecule is N#CC(C#N)=Cc1ccccc1OC(F)F. The molecule has 1 aromatic carbocycles. The van der Waals surface area contributed by atoms with Crippen molar-refractivity contribution in [3.05, 3.63) is 35.4 Å². The number of halogens is 2. The van der Waals surface area contributed by atoms with Crippen molar-refractivity contribution in [3.63, 3.8) is 0 Å². The molecule has 0 unspecified atom stereocenters. The number of hydrogen-bond donors (Lipinski definition) is 0. The van der Waals surface area contributed by atoms with E-state index in [4.69, 9.17) is 10.5 Å². The van der Waals surface area contributed by atoms with Gasteiger partial charge in [-0.1, -0.05) is 18.2 Å². The van der Waals surface area contributed by atoms with Crippen LogP contribution in [-0.2, 0) is 0 Å². The van der Waals surface area contributed by atoms with Crippen LogP contribution in [0.5, 0.6) is 5.75 Å². The molecule has 0 atom stereocenters. The second-order valence-corrected chi connectivity index (χ2v) is 2.70. The van der Waals surface area contributed by atoms with Crippen LogP contribution in [-0.4, -0.2) is 6.61 Å². The molecule has 0 bridgehead atoms. The number of hydrogen-bond acceptors (Lipinski definition) is 3. The Labute approximate surface area is 90.8 Å². The smallest absolute Gasteiger partial charge is 0.387 e. The lowest BCUT2D eigenvalue weighted by Gasteiger charge is -2.06. The zero-order chi connectivity index (χ0) is 12.0. The predicted molar refractivity (Wildman–Crippen MR) is 52.3 cm³/mol. The third kappa shape index (κ3) is 3.07. The summed E-state index contributed by atoms with van der Waals surface area (Å²) in [6.07, 6.45) is 1.19. The highest BCUT2D eigenvalue weighted by Crippen LogP contribution is 2.22. The standard InChI is InChI=1S/C11H6F2N2O/c12-11(13)16-10-4-2-1-3-9(10)5-8(6-14)7-15/h1-5,11H. The summed E-state index contributed by atoms with van der Waals surface area (Å²) in [5.74, 6) is -0.0690. The molecule has 0 aliphatic rings. The first-order valence-electron chi connectivity index (χ1n) is 4.23. The van der Waals surface area contributed by atoms with E-state index in [1.54, 1.807) is 18.2 Å². The molecular weight excluding hydrogens is 214 g/mol. The van der Waals surface area contributed by atoms with Gasteiger partial charge in [-0.3, -0.25) is 0 Å². The van der Waals surface area contributed by atoms with Crippen molar-refractivity contribution in [2.45, 2.75) is 6.61 Å². The summed E-state index contributed by atoms with van der Waals surface area (Å²) < 4.78 is 28.3. The van der Waals surface area contributed by atoms with Crippen molar-refractivity contribution >= 4 is 6.08 Å². The second-order valence-electron chi connectivity index (χ2n) is 2.70. The molecular formula is C11H6F2N2O. The minimum absolute atomic E-state index is 0.0690. The number of allylic oxidation sites excluding steroid dienone is 1. The number of ether oxygens (including phenoxy) is 1. The second kappa shape index (κ2) is 5.47. The summed E-state index contributed by atoms with van der Waals surface area (Å²) in [4.78, 5) is 0. The molecule has 1 rings (SSSR count). The first-order valence-corrected chi connectivity index (χ1v) is 4.23. The van der Waals surface area contributed by atoms with Crippen LogP contribution in [0, 0.1) is 22.7 Å². The van der Waals surface area contributed by atoms with Crippen LogP contribution in [0.4, 0.5) is 8.78 Å². The zero-order valence-electron chi connectivity index (χ0n) is 8.02. The molecule has 0 N–H and O–H groups in total. The number of rotatable bonds is 3. The predicted octanol–water partition coefficient (Wildman–Crippen LogP) is 2.72. The summed E-state index contributed by atoms with van der Waals surface area (Å²) >= 11 is 0. The van der Waals surface area contributed by atoms with E-state index in [-0.39, 0.29) is 16.9 Å². The molecule has 0 saturated heterocycles. The molecule has 0 radical (unpaired) electrons. The van der Waals surface area contributed by atoms with Gasteiger partial charge in [0, 0.05) is 5.56 Å². The maximum Gasteiger partial charge on any atom is 0.387 e. The summed E-state index contributed by atoms with van der Waals surface area (Å²) in [7, 11) is 0. The van der Waals surface area contributed by atoms with E-state index in [2.05, 4.69) is 4.74 Å². The first-order chi connectivity index (χ1) is 7.67. The minimum atomic E-state index is -2.94. The van der Waals surface area contributed by atoms with Gasteiger partial charge in [-0.2, -0.15) is 19.3 Å². The number of para-hydroxylation sites is 1. The lowest BCUT2D eigenvalue weighted by molar-refractivity contribution is -0.0499. The summed E-state index contributed by atoms with van der Waals surface area (Å²) in [5, 5.41) is 17.1. The average Bonchev–Trinajstić information content (AvgIpc) is 2.27. The van der Waals surface area contributed by atoms with Crippen molar-refractivity contribution in [2.24, 2.45) is 0 Å². The van der Waals surface area contributed by atoms with Gasteiger partial charge in [0.2, 0.25) is 0 Å². The van der Waals surface area contributed by atoms with E-state index in [9.17, 15) is 8.78 Å². The maximum atomic E-state index is 12.0.